The summed E-state index contributed by atoms with van der Waals surface area (Å²) in [5, 5.41) is 11.5. The first-order valence-electron chi connectivity index (χ1n) is 8.48. The summed E-state index contributed by atoms with van der Waals surface area (Å²) < 4.78 is 29.3. The van der Waals surface area contributed by atoms with Crippen LogP contribution >= 0.6 is 0 Å². The number of carbonyl (C=O) groups excluding carboxylic acids is 1. The van der Waals surface area contributed by atoms with Gasteiger partial charge in [-0.25, -0.2) is 13.5 Å². The first kappa shape index (κ1) is 16.1. The van der Waals surface area contributed by atoms with Crippen molar-refractivity contribution in [3.05, 3.63) is 40.7 Å². The Morgan fingerprint density at radius 2 is 2.04 bits per heavy atom. The third kappa shape index (κ3) is 2.70. The zero-order chi connectivity index (χ0) is 17.6. The minimum Gasteiger partial charge on any atom is -0.317 e. The Labute approximate surface area is 143 Å². The van der Waals surface area contributed by atoms with Gasteiger partial charge in [0.15, 0.2) is 5.69 Å². The molecule has 0 aliphatic carbocycles. The van der Waals surface area contributed by atoms with Crippen molar-refractivity contribution in [2.24, 2.45) is 0 Å². The molecule has 1 fully saturated rings. The lowest BCUT2D eigenvalue weighted by atomic mass is 10.1. The fourth-order valence-electron chi connectivity index (χ4n) is 3.70. The number of aromatic nitrogens is 3. The highest BCUT2D eigenvalue weighted by molar-refractivity contribution is 6.06. The normalized spacial score (nSPS) is 17.8. The predicted octanol–water partition coefficient (Wildman–Crippen LogP) is 1.99. The maximum Gasteiger partial charge on any atom is 0.280 e. The second kappa shape index (κ2) is 6.18. The summed E-state index contributed by atoms with van der Waals surface area (Å²) in [6.07, 6.45) is 2.23. The highest BCUT2D eigenvalue weighted by Gasteiger charge is 2.32. The molecule has 3 heterocycles. The van der Waals surface area contributed by atoms with Crippen LogP contribution in [0.1, 0.15) is 40.6 Å². The van der Waals surface area contributed by atoms with Crippen LogP contribution in [0, 0.1) is 18.6 Å². The highest BCUT2D eigenvalue weighted by atomic mass is 19.1. The molecule has 0 saturated carbocycles. The van der Waals surface area contributed by atoms with Crippen molar-refractivity contribution in [2.45, 2.75) is 32.2 Å². The highest BCUT2D eigenvalue weighted by Crippen LogP contribution is 2.32. The standard InChI is InChI=1S/C17H19F2N5O/c1-10-16(21-22-24(10)12-2-5-20-6-3-12)17(25)23-7-4-13-14(19)8-11(18)9-15(13)23/h8-9,12,20H,2-7H2,1H3. The van der Waals surface area contributed by atoms with Crippen LogP contribution in [-0.4, -0.2) is 40.5 Å². The summed E-state index contributed by atoms with van der Waals surface area (Å²) in [6, 6.07) is 2.28. The van der Waals surface area contributed by atoms with E-state index in [0.717, 1.165) is 32.0 Å². The van der Waals surface area contributed by atoms with Gasteiger partial charge in [-0.2, -0.15) is 0 Å². The van der Waals surface area contributed by atoms with Gasteiger partial charge in [-0.15, -0.1) is 5.10 Å². The van der Waals surface area contributed by atoms with Crippen molar-refractivity contribution in [1.29, 1.82) is 0 Å². The Hall–Kier alpha value is -2.35. The Kier molecular flexibility index (Phi) is 3.99. The molecule has 132 valence electrons. The van der Waals surface area contributed by atoms with Gasteiger partial charge >= 0.3 is 0 Å². The molecular formula is C17H19F2N5O. The van der Waals surface area contributed by atoms with Gasteiger partial charge in [-0.05, 0) is 45.3 Å². The largest absolute Gasteiger partial charge is 0.317 e. The van der Waals surface area contributed by atoms with E-state index in [1.54, 1.807) is 4.68 Å². The second-order valence-corrected chi connectivity index (χ2v) is 6.54. The number of hydrogen-bond donors (Lipinski definition) is 1. The quantitative estimate of drug-likeness (QED) is 0.902. The molecule has 8 heteroatoms. The molecule has 0 unspecified atom stereocenters. The number of nitrogens with zero attached hydrogens (tertiary/aromatic N) is 4. The summed E-state index contributed by atoms with van der Waals surface area (Å²) in [4.78, 5) is 14.3. The topological polar surface area (TPSA) is 63.1 Å². The van der Waals surface area contributed by atoms with E-state index >= 15 is 0 Å². The van der Waals surface area contributed by atoms with E-state index in [2.05, 4.69) is 15.6 Å². The van der Waals surface area contributed by atoms with E-state index in [4.69, 9.17) is 0 Å². The van der Waals surface area contributed by atoms with Crippen LogP contribution in [0.3, 0.4) is 0 Å². The first-order valence-corrected chi connectivity index (χ1v) is 8.48. The van der Waals surface area contributed by atoms with Gasteiger partial charge in [-0.1, -0.05) is 5.21 Å². The van der Waals surface area contributed by atoms with E-state index in [1.807, 2.05) is 6.92 Å². The molecule has 0 spiro atoms. The van der Waals surface area contributed by atoms with Crippen LogP contribution in [0.5, 0.6) is 0 Å². The lowest BCUT2D eigenvalue weighted by molar-refractivity contribution is 0.0984. The van der Waals surface area contributed by atoms with Crippen LogP contribution in [0.15, 0.2) is 12.1 Å². The lowest BCUT2D eigenvalue weighted by Gasteiger charge is -2.23. The molecule has 2 aromatic rings. The summed E-state index contributed by atoms with van der Waals surface area (Å²) in [5.41, 5.74) is 1.61. The average Bonchev–Trinajstić information content (AvgIpc) is 3.19. The van der Waals surface area contributed by atoms with Crippen LogP contribution < -0.4 is 10.2 Å². The van der Waals surface area contributed by atoms with Crippen molar-refractivity contribution < 1.29 is 13.6 Å². The summed E-state index contributed by atoms with van der Waals surface area (Å²) in [5.74, 6) is -1.66. The molecule has 2 aliphatic heterocycles. The maximum absolute atomic E-state index is 13.9. The molecular weight excluding hydrogens is 328 g/mol. The smallest absolute Gasteiger partial charge is 0.280 e. The van der Waals surface area contributed by atoms with Crippen molar-refractivity contribution in [3.8, 4) is 0 Å². The van der Waals surface area contributed by atoms with Crippen molar-refractivity contribution in [1.82, 2.24) is 20.3 Å². The number of fused-ring (bicyclic) bond motifs is 1. The molecule has 2 aliphatic rings. The Bertz CT molecular complexity index is 829. The summed E-state index contributed by atoms with van der Waals surface area (Å²) in [7, 11) is 0. The monoisotopic (exact) mass is 347 g/mol. The zero-order valence-corrected chi connectivity index (χ0v) is 13.9. The molecule has 25 heavy (non-hydrogen) atoms. The van der Waals surface area contributed by atoms with E-state index in [0.29, 0.717) is 29.9 Å². The molecule has 0 bridgehead atoms. The van der Waals surface area contributed by atoms with Gasteiger partial charge in [0.25, 0.3) is 5.91 Å². The number of hydrogen-bond acceptors (Lipinski definition) is 4. The fourth-order valence-corrected chi connectivity index (χ4v) is 3.70. The van der Waals surface area contributed by atoms with E-state index in [9.17, 15) is 13.6 Å². The molecule has 4 rings (SSSR count). The third-order valence-electron chi connectivity index (χ3n) is 5.04. The number of rotatable bonds is 2. The third-order valence-corrected chi connectivity index (χ3v) is 5.04. The number of benzene rings is 1. The lowest BCUT2D eigenvalue weighted by Crippen LogP contribution is -2.31. The van der Waals surface area contributed by atoms with Gasteiger partial charge in [0.1, 0.15) is 11.6 Å². The van der Waals surface area contributed by atoms with Crippen molar-refractivity contribution in [3.63, 3.8) is 0 Å². The van der Waals surface area contributed by atoms with Crippen molar-refractivity contribution in [2.75, 3.05) is 24.5 Å². The molecule has 1 N–H and O–H groups in total. The van der Waals surface area contributed by atoms with Gasteiger partial charge in [0.05, 0.1) is 17.4 Å². The summed E-state index contributed by atoms with van der Waals surface area (Å²) >= 11 is 0. The van der Waals surface area contributed by atoms with E-state index < -0.39 is 11.6 Å². The van der Waals surface area contributed by atoms with Gasteiger partial charge in [0.2, 0.25) is 0 Å². The zero-order valence-electron chi connectivity index (χ0n) is 13.9. The van der Waals surface area contributed by atoms with Crippen LogP contribution in [0.2, 0.25) is 0 Å². The van der Waals surface area contributed by atoms with Gasteiger partial charge in [-0.3, -0.25) is 4.79 Å². The number of amides is 1. The molecule has 1 aromatic carbocycles. The molecule has 0 radical (unpaired) electrons. The summed E-state index contributed by atoms with van der Waals surface area (Å²) in [6.45, 7) is 3.95. The van der Waals surface area contributed by atoms with Crippen molar-refractivity contribution >= 4 is 11.6 Å². The number of anilines is 1. The number of carbonyl (C=O) groups is 1. The van der Waals surface area contributed by atoms with Gasteiger partial charge < -0.3 is 10.2 Å². The average molecular weight is 347 g/mol. The molecule has 1 aromatic heterocycles. The number of piperidine rings is 1. The van der Waals surface area contributed by atoms with Crippen LogP contribution in [0.4, 0.5) is 14.5 Å². The first-order chi connectivity index (χ1) is 12.1. The van der Waals surface area contributed by atoms with Gasteiger partial charge in [0, 0.05) is 18.2 Å². The van der Waals surface area contributed by atoms with E-state index in [-0.39, 0.29) is 17.6 Å². The molecule has 6 nitrogen and oxygen atoms in total. The fraction of sp³-hybridized carbons (Fsp3) is 0.471. The molecule has 1 amide bonds. The Balaban J connectivity index is 1.64. The molecule has 0 atom stereocenters. The SMILES string of the molecule is Cc1c(C(=O)N2CCc3c(F)cc(F)cc32)nnn1C1CCNCC1. The number of nitrogens with one attached hydrogen (secondary N) is 1. The Morgan fingerprint density at radius 1 is 1.28 bits per heavy atom. The van der Waals surface area contributed by atoms with Crippen LogP contribution in [-0.2, 0) is 6.42 Å². The predicted molar refractivity (Wildman–Crippen MR) is 87.6 cm³/mol. The number of halogens is 2. The Morgan fingerprint density at radius 3 is 2.80 bits per heavy atom. The minimum absolute atomic E-state index is 0.219. The van der Waals surface area contributed by atoms with E-state index in [1.165, 1.54) is 11.0 Å². The second-order valence-electron chi connectivity index (χ2n) is 6.54. The molecule has 1 saturated heterocycles. The minimum atomic E-state index is -0.689. The maximum atomic E-state index is 13.9. The van der Waals surface area contributed by atoms with Crippen LogP contribution in [0.25, 0.3) is 0 Å².